The minimum absolute atomic E-state index is 0.200. The molecule has 0 saturated heterocycles. The highest BCUT2D eigenvalue weighted by atomic mass is 16.5. The number of benzene rings is 1. The van der Waals surface area contributed by atoms with Crippen molar-refractivity contribution in [2.24, 2.45) is 5.73 Å². The topological polar surface area (TPSA) is 94.4 Å². The molecule has 0 aliphatic heterocycles. The molecule has 0 saturated carbocycles. The lowest BCUT2D eigenvalue weighted by atomic mass is 10.3. The summed E-state index contributed by atoms with van der Waals surface area (Å²) in [6.07, 6.45) is 0. The number of aliphatic hydroxyl groups is 1. The van der Waals surface area contributed by atoms with E-state index >= 15 is 0 Å². The van der Waals surface area contributed by atoms with Gasteiger partial charge in [0.1, 0.15) is 11.8 Å². The van der Waals surface area contributed by atoms with Gasteiger partial charge >= 0.3 is 0 Å². The van der Waals surface area contributed by atoms with E-state index in [-0.39, 0.29) is 19.1 Å². The Balaban J connectivity index is 1.94. The number of hydrogen-bond donors (Lipinski definition) is 2. The summed E-state index contributed by atoms with van der Waals surface area (Å²) >= 11 is 0. The molecule has 1 aromatic heterocycles. The van der Waals surface area contributed by atoms with Crippen LogP contribution in [0, 0.1) is 0 Å². The van der Waals surface area contributed by atoms with Crippen molar-refractivity contribution in [3.05, 3.63) is 42.0 Å². The van der Waals surface area contributed by atoms with E-state index in [0.29, 0.717) is 5.82 Å². The minimum atomic E-state index is -0.645. The van der Waals surface area contributed by atoms with Crippen LogP contribution in [0.15, 0.2) is 34.9 Å². The van der Waals surface area contributed by atoms with Gasteiger partial charge in [-0.15, -0.1) is 0 Å². The standard InChI is InChI=1S/C11H13N3O3/c12-9(6-15)11-13-10(14-17-11)7-16-8-4-2-1-3-5-8/h1-5,9,15H,6-7,12H2. The number of aromatic nitrogens is 2. The minimum Gasteiger partial charge on any atom is -0.485 e. The highest BCUT2D eigenvalue weighted by Crippen LogP contribution is 2.11. The van der Waals surface area contributed by atoms with Gasteiger partial charge in [-0.2, -0.15) is 4.98 Å². The Morgan fingerprint density at radius 2 is 2.12 bits per heavy atom. The molecule has 0 aliphatic carbocycles. The lowest BCUT2D eigenvalue weighted by Crippen LogP contribution is -2.14. The molecule has 90 valence electrons. The van der Waals surface area contributed by atoms with Crippen LogP contribution < -0.4 is 10.5 Å². The first kappa shape index (κ1) is 11.6. The quantitative estimate of drug-likeness (QED) is 0.789. The van der Waals surface area contributed by atoms with Gasteiger partial charge in [-0.1, -0.05) is 23.4 Å². The normalized spacial score (nSPS) is 12.4. The van der Waals surface area contributed by atoms with Gasteiger partial charge in [0.15, 0.2) is 6.61 Å². The summed E-state index contributed by atoms with van der Waals surface area (Å²) in [6.45, 7) is -0.0349. The van der Waals surface area contributed by atoms with Crippen molar-refractivity contribution >= 4 is 0 Å². The predicted octanol–water partition coefficient (Wildman–Crippen LogP) is 0.641. The Kier molecular flexibility index (Phi) is 3.69. The fourth-order valence-corrected chi connectivity index (χ4v) is 1.22. The molecule has 17 heavy (non-hydrogen) atoms. The molecule has 6 heteroatoms. The Labute approximate surface area is 98.0 Å². The van der Waals surface area contributed by atoms with Crippen molar-refractivity contribution in [2.75, 3.05) is 6.61 Å². The molecule has 0 fully saturated rings. The molecule has 2 rings (SSSR count). The van der Waals surface area contributed by atoms with Crippen LogP contribution in [0.1, 0.15) is 17.8 Å². The van der Waals surface area contributed by atoms with Gasteiger partial charge in [-0.05, 0) is 12.1 Å². The third-order valence-electron chi connectivity index (χ3n) is 2.11. The van der Waals surface area contributed by atoms with Crippen LogP contribution in [-0.4, -0.2) is 21.9 Å². The molecular weight excluding hydrogens is 222 g/mol. The Morgan fingerprint density at radius 1 is 1.35 bits per heavy atom. The Morgan fingerprint density at radius 3 is 2.82 bits per heavy atom. The largest absolute Gasteiger partial charge is 0.485 e. The highest BCUT2D eigenvalue weighted by Gasteiger charge is 2.13. The van der Waals surface area contributed by atoms with Gasteiger partial charge in [-0.25, -0.2) is 0 Å². The van der Waals surface area contributed by atoms with Crippen LogP contribution in [0.5, 0.6) is 5.75 Å². The number of aliphatic hydroxyl groups excluding tert-OH is 1. The zero-order chi connectivity index (χ0) is 12.1. The van der Waals surface area contributed by atoms with Crippen molar-refractivity contribution in [1.29, 1.82) is 0 Å². The third-order valence-corrected chi connectivity index (χ3v) is 2.11. The summed E-state index contributed by atoms with van der Waals surface area (Å²) < 4.78 is 10.3. The monoisotopic (exact) mass is 235 g/mol. The number of nitrogens with zero attached hydrogens (tertiary/aromatic N) is 2. The van der Waals surface area contributed by atoms with E-state index in [9.17, 15) is 0 Å². The molecule has 1 atom stereocenters. The SMILES string of the molecule is NC(CO)c1nc(COc2ccccc2)no1. The summed E-state index contributed by atoms with van der Waals surface area (Å²) in [6, 6.07) is 8.67. The Bertz CT molecular complexity index is 458. The fourth-order valence-electron chi connectivity index (χ4n) is 1.22. The third kappa shape index (κ3) is 3.02. The first-order chi connectivity index (χ1) is 8.29. The molecule has 1 heterocycles. The summed E-state index contributed by atoms with van der Waals surface area (Å²) in [5, 5.41) is 12.5. The predicted molar refractivity (Wildman–Crippen MR) is 59.1 cm³/mol. The van der Waals surface area contributed by atoms with Gasteiger partial charge in [0, 0.05) is 0 Å². The van der Waals surface area contributed by atoms with Crippen LogP contribution >= 0.6 is 0 Å². The van der Waals surface area contributed by atoms with Crippen LogP contribution in [0.3, 0.4) is 0 Å². The number of rotatable bonds is 5. The van der Waals surface area contributed by atoms with Crippen molar-refractivity contribution in [2.45, 2.75) is 12.6 Å². The number of hydrogen-bond acceptors (Lipinski definition) is 6. The van der Waals surface area contributed by atoms with Gasteiger partial charge < -0.3 is 20.1 Å². The molecule has 0 spiro atoms. The van der Waals surface area contributed by atoms with E-state index in [1.54, 1.807) is 0 Å². The van der Waals surface area contributed by atoms with Crippen molar-refractivity contribution in [1.82, 2.24) is 10.1 Å². The maximum absolute atomic E-state index is 8.82. The second-order valence-corrected chi connectivity index (χ2v) is 3.44. The first-order valence-corrected chi connectivity index (χ1v) is 5.16. The van der Waals surface area contributed by atoms with Crippen LogP contribution in [0.4, 0.5) is 0 Å². The molecule has 1 unspecified atom stereocenters. The second kappa shape index (κ2) is 5.42. The van der Waals surface area contributed by atoms with E-state index in [1.165, 1.54) is 0 Å². The molecule has 6 nitrogen and oxygen atoms in total. The number of nitrogens with two attached hydrogens (primary N) is 1. The molecule has 0 aliphatic rings. The van der Waals surface area contributed by atoms with Crippen molar-refractivity contribution in [3.63, 3.8) is 0 Å². The molecule has 2 aromatic rings. The lowest BCUT2D eigenvalue weighted by molar-refractivity contribution is 0.235. The number of ether oxygens (including phenoxy) is 1. The van der Waals surface area contributed by atoms with Crippen LogP contribution in [0.25, 0.3) is 0 Å². The second-order valence-electron chi connectivity index (χ2n) is 3.44. The van der Waals surface area contributed by atoms with E-state index in [4.69, 9.17) is 20.1 Å². The van der Waals surface area contributed by atoms with Gasteiger partial charge in [0.25, 0.3) is 0 Å². The maximum Gasteiger partial charge on any atom is 0.246 e. The Hall–Kier alpha value is -1.92. The lowest BCUT2D eigenvalue weighted by Gasteiger charge is -2.01. The van der Waals surface area contributed by atoms with E-state index < -0.39 is 6.04 Å². The number of para-hydroxylation sites is 1. The average Bonchev–Trinajstić information content (AvgIpc) is 2.85. The molecular formula is C11H13N3O3. The highest BCUT2D eigenvalue weighted by molar-refractivity contribution is 5.20. The van der Waals surface area contributed by atoms with E-state index in [0.717, 1.165) is 5.75 Å². The maximum atomic E-state index is 8.82. The summed E-state index contributed by atoms with van der Waals surface area (Å²) in [5.41, 5.74) is 5.53. The van der Waals surface area contributed by atoms with Gasteiger partial charge in [0.05, 0.1) is 6.61 Å². The zero-order valence-corrected chi connectivity index (χ0v) is 9.11. The smallest absolute Gasteiger partial charge is 0.246 e. The van der Waals surface area contributed by atoms with E-state index in [2.05, 4.69) is 10.1 Å². The molecule has 0 radical (unpaired) electrons. The van der Waals surface area contributed by atoms with E-state index in [1.807, 2.05) is 30.3 Å². The summed E-state index contributed by atoms with van der Waals surface area (Å²) in [7, 11) is 0. The van der Waals surface area contributed by atoms with Crippen molar-refractivity contribution < 1.29 is 14.4 Å². The summed E-state index contributed by atoms with van der Waals surface area (Å²) in [5.74, 6) is 1.33. The van der Waals surface area contributed by atoms with Crippen LogP contribution in [0.2, 0.25) is 0 Å². The molecule has 0 bridgehead atoms. The average molecular weight is 235 g/mol. The summed E-state index contributed by atoms with van der Waals surface area (Å²) in [4.78, 5) is 4.01. The fraction of sp³-hybridized carbons (Fsp3) is 0.273. The van der Waals surface area contributed by atoms with Crippen molar-refractivity contribution in [3.8, 4) is 5.75 Å². The first-order valence-electron chi connectivity index (χ1n) is 5.16. The zero-order valence-electron chi connectivity index (χ0n) is 9.11. The molecule has 0 amide bonds. The van der Waals surface area contributed by atoms with Gasteiger partial charge in [0.2, 0.25) is 11.7 Å². The molecule has 1 aromatic carbocycles. The van der Waals surface area contributed by atoms with Gasteiger partial charge in [-0.3, -0.25) is 0 Å². The molecule has 3 N–H and O–H groups in total. The van der Waals surface area contributed by atoms with Crippen LogP contribution in [-0.2, 0) is 6.61 Å².